The molecule has 0 spiro atoms. The normalized spacial score (nSPS) is 17.2. The molecule has 0 bridgehead atoms. The fourth-order valence-corrected chi connectivity index (χ4v) is 3.14. The first-order chi connectivity index (χ1) is 12.7. The van der Waals surface area contributed by atoms with E-state index in [0.29, 0.717) is 25.6 Å². The summed E-state index contributed by atoms with van der Waals surface area (Å²) in [4.78, 5) is 29.7. The van der Waals surface area contributed by atoms with Gasteiger partial charge in [-0.25, -0.2) is 9.78 Å². The Balaban J connectivity index is 1.96. The maximum atomic E-state index is 12.6. The first-order valence-electron chi connectivity index (χ1n) is 7.90. The average molecular weight is 403 g/mol. The summed E-state index contributed by atoms with van der Waals surface area (Å²) in [6, 6.07) is 1.25. The molecule has 1 unspecified atom stereocenters. The number of carbonyl (C=O) groups excluding carboxylic acids is 1. The molecule has 27 heavy (non-hydrogen) atoms. The third kappa shape index (κ3) is 3.61. The second-order valence-electron chi connectivity index (χ2n) is 5.84. The van der Waals surface area contributed by atoms with E-state index in [9.17, 15) is 22.8 Å². The smallest absolute Gasteiger partial charge is 0.417 e. The zero-order valence-electron chi connectivity index (χ0n) is 14.0. The molecule has 0 amide bonds. The summed E-state index contributed by atoms with van der Waals surface area (Å²) in [5, 5.41) is 3.74. The van der Waals surface area contributed by atoms with Crippen LogP contribution in [0.5, 0.6) is 0 Å². The van der Waals surface area contributed by atoms with E-state index >= 15 is 0 Å². The zero-order valence-corrected chi connectivity index (χ0v) is 14.8. The Morgan fingerprint density at radius 1 is 1.33 bits per heavy atom. The molecule has 1 atom stereocenters. The van der Waals surface area contributed by atoms with Crippen LogP contribution in [0.2, 0.25) is 5.02 Å². The molecule has 1 aliphatic rings. The van der Waals surface area contributed by atoms with E-state index in [4.69, 9.17) is 16.3 Å². The Morgan fingerprint density at radius 2 is 2.07 bits per heavy atom. The summed E-state index contributed by atoms with van der Waals surface area (Å²) in [5.74, 6) is -0.551. The standard InChI is InChI=1S/C16H14ClF3N4O3/c1-27-15(26)10-3-2-6-23(10)11-8-22-24(14(25)13(11)17)12-5-4-9(7-21-12)16(18,19)20/h4-5,7-8,10H,2-3,6H2,1H3. The van der Waals surface area contributed by atoms with Gasteiger partial charge in [0.1, 0.15) is 11.1 Å². The minimum absolute atomic E-state index is 0.104. The molecule has 2 aromatic rings. The summed E-state index contributed by atoms with van der Waals surface area (Å²) in [7, 11) is 1.27. The van der Waals surface area contributed by atoms with Crippen molar-refractivity contribution in [3.8, 4) is 5.82 Å². The molecule has 144 valence electrons. The Bertz CT molecular complexity index is 915. The molecule has 0 aliphatic carbocycles. The summed E-state index contributed by atoms with van der Waals surface area (Å²) >= 11 is 6.17. The van der Waals surface area contributed by atoms with Crippen molar-refractivity contribution in [2.75, 3.05) is 18.6 Å². The Hall–Kier alpha value is -2.62. The van der Waals surface area contributed by atoms with Gasteiger partial charge >= 0.3 is 12.1 Å². The van der Waals surface area contributed by atoms with Gasteiger partial charge in [0.05, 0.1) is 24.6 Å². The maximum Gasteiger partial charge on any atom is 0.417 e. The summed E-state index contributed by atoms with van der Waals surface area (Å²) < 4.78 is 43.5. The maximum absolute atomic E-state index is 12.6. The lowest BCUT2D eigenvalue weighted by molar-refractivity contribution is -0.142. The van der Waals surface area contributed by atoms with Crippen molar-refractivity contribution in [1.82, 2.24) is 14.8 Å². The largest absolute Gasteiger partial charge is 0.467 e. The van der Waals surface area contributed by atoms with E-state index in [2.05, 4.69) is 10.1 Å². The quantitative estimate of drug-likeness (QED) is 0.734. The number of nitrogens with zero attached hydrogens (tertiary/aromatic N) is 4. The molecule has 7 nitrogen and oxygen atoms in total. The molecule has 0 aromatic carbocycles. The van der Waals surface area contributed by atoms with E-state index in [1.165, 1.54) is 13.3 Å². The highest BCUT2D eigenvalue weighted by Gasteiger charge is 2.34. The number of rotatable bonds is 3. The second-order valence-corrected chi connectivity index (χ2v) is 6.22. The highest BCUT2D eigenvalue weighted by Crippen LogP contribution is 2.31. The number of methoxy groups -OCH3 is 1. The Morgan fingerprint density at radius 3 is 2.67 bits per heavy atom. The monoisotopic (exact) mass is 402 g/mol. The lowest BCUT2D eigenvalue weighted by Gasteiger charge is -2.25. The van der Waals surface area contributed by atoms with Gasteiger partial charge in [0.15, 0.2) is 5.82 Å². The van der Waals surface area contributed by atoms with Crippen LogP contribution in [0.1, 0.15) is 18.4 Å². The molecule has 1 aliphatic heterocycles. The number of esters is 1. The number of ether oxygens (including phenoxy) is 1. The van der Waals surface area contributed by atoms with Gasteiger partial charge in [-0.1, -0.05) is 11.6 Å². The molecule has 3 heterocycles. The van der Waals surface area contributed by atoms with E-state index in [-0.39, 0.29) is 16.5 Å². The van der Waals surface area contributed by atoms with Crippen LogP contribution in [0.4, 0.5) is 18.9 Å². The van der Waals surface area contributed by atoms with Crippen molar-refractivity contribution in [2.24, 2.45) is 0 Å². The van der Waals surface area contributed by atoms with E-state index in [1.807, 2.05) is 0 Å². The highest BCUT2D eigenvalue weighted by molar-refractivity contribution is 6.33. The van der Waals surface area contributed by atoms with Crippen LogP contribution in [-0.2, 0) is 15.7 Å². The van der Waals surface area contributed by atoms with Crippen LogP contribution >= 0.6 is 11.6 Å². The van der Waals surface area contributed by atoms with Gasteiger partial charge in [0.25, 0.3) is 5.56 Å². The number of carbonyl (C=O) groups is 1. The molecule has 1 saturated heterocycles. The predicted octanol–water partition coefficient (Wildman–Crippen LogP) is 2.44. The minimum atomic E-state index is -4.54. The first-order valence-corrected chi connectivity index (χ1v) is 8.27. The van der Waals surface area contributed by atoms with Crippen molar-refractivity contribution in [3.05, 3.63) is 45.5 Å². The third-order valence-corrected chi connectivity index (χ3v) is 4.58. The van der Waals surface area contributed by atoms with E-state index in [1.54, 1.807) is 4.90 Å². The van der Waals surface area contributed by atoms with Gasteiger partial charge in [0, 0.05) is 12.7 Å². The van der Waals surface area contributed by atoms with Gasteiger partial charge in [-0.3, -0.25) is 4.79 Å². The van der Waals surface area contributed by atoms with Crippen molar-refractivity contribution in [2.45, 2.75) is 25.1 Å². The van der Waals surface area contributed by atoms with Crippen molar-refractivity contribution < 1.29 is 22.7 Å². The number of anilines is 1. The van der Waals surface area contributed by atoms with Crippen LogP contribution < -0.4 is 10.5 Å². The minimum Gasteiger partial charge on any atom is -0.467 e. The van der Waals surface area contributed by atoms with Crippen molar-refractivity contribution in [1.29, 1.82) is 0 Å². The fourth-order valence-electron chi connectivity index (χ4n) is 2.90. The highest BCUT2D eigenvalue weighted by atomic mass is 35.5. The Labute approximate surface area is 156 Å². The lowest BCUT2D eigenvalue weighted by Crippen LogP contribution is -2.38. The zero-order chi connectivity index (χ0) is 19.8. The van der Waals surface area contributed by atoms with Gasteiger partial charge in [-0.05, 0) is 25.0 Å². The number of alkyl halides is 3. The topological polar surface area (TPSA) is 77.3 Å². The number of aromatic nitrogens is 3. The number of hydrogen-bond donors (Lipinski definition) is 0. The van der Waals surface area contributed by atoms with Gasteiger partial charge in [0.2, 0.25) is 0 Å². The van der Waals surface area contributed by atoms with Gasteiger partial charge in [-0.2, -0.15) is 23.0 Å². The second kappa shape index (κ2) is 7.18. The van der Waals surface area contributed by atoms with Crippen LogP contribution in [0.25, 0.3) is 5.82 Å². The number of pyridine rings is 1. The molecule has 0 saturated carbocycles. The lowest BCUT2D eigenvalue weighted by atomic mass is 10.2. The molecular weight excluding hydrogens is 389 g/mol. The van der Waals surface area contributed by atoms with E-state index in [0.717, 1.165) is 16.8 Å². The molecule has 2 aromatic heterocycles. The van der Waals surface area contributed by atoms with Gasteiger partial charge < -0.3 is 9.64 Å². The molecular formula is C16H14ClF3N4O3. The average Bonchev–Trinajstić information content (AvgIpc) is 3.12. The summed E-state index contributed by atoms with van der Waals surface area (Å²) in [6.07, 6.45) is -1.39. The van der Waals surface area contributed by atoms with Crippen molar-refractivity contribution >= 4 is 23.3 Å². The number of hydrogen-bond acceptors (Lipinski definition) is 6. The van der Waals surface area contributed by atoms with Crippen LogP contribution in [0, 0.1) is 0 Å². The van der Waals surface area contributed by atoms with E-state index < -0.39 is 29.3 Å². The van der Waals surface area contributed by atoms with Crippen LogP contribution in [0.3, 0.4) is 0 Å². The van der Waals surface area contributed by atoms with Gasteiger partial charge in [-0.15, -0.1) is 0 Å². The van der Waals surface area contributed by atoms with Crippen LogP contribution in [-0.4, -0.2) is 40.4 Å². The first kappa shape index (κ1) is 19.2. The third-order valence-electron chi connectivity index (χ3n) is 4.23. The van der Waals surface area contributed by atoms with Crippen molar-refractivity contribution in [3.63, 3.8) is 0 Å². The Kier molecular flexibility index (Phi) is 5.09. The number of halogens is 4. The molecule has 0 N–H and O–H groups in total. The summed E-state index contributed by atoms with van der Waals surface area (Å²) in [6.45, 7) is 0.489. The van der Waals surface area contributed by atoms with Crippen LogP contribution in [0.15, 0.2) is 29.3 Å². The fraction of sp³-hybridized carbons (Fsp3) is 0.375. The molecule has 0 radical (unpaired) electrons. The molecule has 3 rings (SSSR count). The predicted molar refractivity (Wildman–Crippen MR) is 90.0 cm³/mol. The SMILES string of the molecule is COC(=O)C1CCCN1c1cnn(-c2ccc(C(F)(F)F)cn2)c(=O)c1Cl. The molecule has 11 heteroatoms. The molecule has 1 fully saturated rings. The summed E-state index contributed by atoms with van der Waals surface area (Å²) in [5.41, 5.74) is -1.44.